The third kappa shape index (κ3) is 2.11. The van der Waals surface area contributed by atoms with Crippen LogP contribution >= 0.6 is 0 Å². The van der Waals surface area contributed by atoms with Gasteiger partial charge in [-0.1, -0.05) is 12.1 Å². The molecule has 2 aromatic heterocycles. The van der Waals surface area contributed by atoms with Gasteiger partial charge in [-0.2, -0.15) is 10.2 Å². The Morgan fingerprint density at radius 2 is 2.14 bits per heavy atom. The van der Waals surface area contributed by atoms with Crippen molar-refractivity contribution in [3.05, 3.63) is 53.5 Å². The Labute approximate surface area is 122 Å². The van der Waals surface area contributed by atoms with E-state index in [9.17, 15) is 0 Å². The second kappa shape index (κ2) is 4.48. The van der Waals surface area contributed by atoms with E-state index in [1.165, 1.54) is 11.1 Å². The average Bonchev–Trinajstić information content (AvgIpc) is 3.02. The maximum atomic E-state index is 5.93. The molecule has 0 fully saturated rings. The van der Waals surface area contributed by atoms with Gasteiger partial charge < -0.3 is 4.74 Å². The van der Waals surface area contributed by atoms with E-state index >= 15 is 0 Å². The molecule has 0 unspecified atom stereocenters. The molecule has 5 nitrogen and oxygen atoms in total. The maximum Gasteiger partial charge on any atom is 0.130 e. The average molecular weight is 280 g/mol. The van der Waals surface area contributed by atoms with E-state index in [4.69, 9.17) is 9.84 Å². The molecule has 0 bridgehead atoms. The summed E-state index contributed by atoms with van der Waals surface area (Å²) in [6.07, 6.45) is 3.81. The SMILES string of the molecule is Cc1ccc2c(c1)OCc1cc(-c3cnn(C)c3)nn1C2. The summed E-state index contributed by atoms with van der Waals surface area (Å²) in [5, 5.41) is 8.90. The van der Waals surface area contributed by atoms with E-state index < -0.39 is 0 Å². The first kappa shape index (κ1) is 12.2. The normalized spacial score (nSPS) is 13.2. The van der Waals surface area contributed by atoms with Gasteiger partial charge >= 0.3 is 0 Å². The smallest absolute Gasteiger partial charge is 0.130 e. The van der Waals surface area contributed by atoms with Crippen molar-refractivity contribution in [1.29, 1.82) is 0 Å². The number of benzene rings is 1. The Balaban J connectivity index is 1.73. The van der Waals surface area contributed by atoms with E-state index in [0.29, 0.717) is 6.61 Å². The van der Waals surface area contributed by atoms with Gasteiger partial charge in [-0.05, 0) is 24.6 Å². The van der Waals surface area contributed by atoms with Crippen molar-refractivity contribution in [3.63, 3.8) is 0 Å². The minimum atomic E-state index is 0.545. The predicted octanol–water partition coefficient (Wildman–Crippen LogP) is 2.53. The Bertz CT molecular complexity index is 816. The van der Waals surface area contributed by atoms with Gasteiger partial charge in [0.25, 0.3) is 0 Å². The first-order valence-corrected chi connectivity index (χ1v) is 6.97. The number of hydrogen-bond acceptors (Lipinski definition) is 3. The van der Waals surface area contributed by atoms with Crippen LogP contribution in [0.4, 0.5) is 0 Å². The zero-order valence-electron chi connectivity index (χ0n) is 12.1. The molecule has 0 radical (unpaired) electrons. The van der Waals surface area contributed by atoms with Crippen LogP contribution in [0.5, 0.6) is 5.75 Å². The molecule has 21 heavy (non-hydrogen) atoms. The zero-order chi connectivity index (χ0) is 14.4. The summed E-state index contributed by atoms with van der Waals surface area (Å²) in [5.41, 5.74) is 5.44. The minimum Gasteiger partial charge on any atom is -0.487 e. The molecule has 3 heterocycles. The molecule has 0 N–H and O–H groups in total. The van der Waals surface area contributed by atoms with Crippen LogP contribution in [0.2, 0.25) is 0 Å². The first-order valence-electron chi connectivity index (χ1n) is 6.97. The van der Waals surface area contributed by atoms with Crippen LogP contribution in [-0.2, 0) is 20.2 Å². The number of hydrogen-bond donors (Lipinski definition) is 0. The van der Waals surface area contributed by atoms with Gasteiger partial charge in [-0.3, -0.25) is 9.36 Å². The van der Waals surface area contributed by atoms with Gasteiger partial charge in [0.15, 0.2) is 0 Å². The standard InChI is InChI=1S/C16H16N4O/c1-11-3-4-12-9-20-14(10-21-16(12)5-11)6-15(18-20)13-7-17-19(2)8-13/h3-8H,9-10H2,1-2H3. The molecule has 0 spiro atoms. The second-order valence-corrected chi connectivity index (χ2v) is 5.48. The van der Waals surface area contributed by atoms with Crippen molar-refractivity contribution < 1.29 is 4.74 Å². The van der Waals surface area contributed by atoms with Crippen molar-refractivity contribution in [3.8, 4) is 17.0 Å². The van der Waals surface area contributed by atoms with Crippen molar-refractivity contribution >= 4 is 0 Å². The summed E-state index contributed by atoms with van der Waals surface area (Å²) in [5.74, 6) is 0.962. The van der Waals surface area contributed by atoms with Gasteiger partial charge in [0.1, 0.15) is 12.4 Å². The monoisotopic (exact) mass is 280 g/mol. The molecule has 5 heteroatoms. The van der Waals surface area contributed by atoms with Gasteiger partial charge in [0, 0.05) is 24.4 Å². The van der Waals surface area contributed by atoms with Gasteiger partial charge in [0.05, 0.1) is 24.1 Å². The molecule has 1 aliphatic rings. The van der Waals surface area contributed by atoms with Crippen LogP contribution in [0.25, 0.3) is 11.3 Å². The summed E-state index contributed by atoms with van der Waals surface area (Å²) in [6.45, 7) is 3.36. The molecule has 0 saturated carbocycles. The van der Waals surface area contributed by atoms with Crippen LogP contribution in [0, 0.1) is 6.92 Å². The quantitative estimate of drug-likeness (QED) is 0.688. The van der Waals surface area contributed by atoms with E-state index in [2.05, 4.69) is 36.3 Å². The summed E-state index contributed by atoms with van der Waals surface area (Å²) >= 11 is 0. The lowest BCUT2D eigenvalue weighted by atomic mass is 10.1. The van der Waals surface area contributed by atoms with Gasteiger partial charge in [-0.15, -0.1) is 0 Å². The van der Waals surface area contributed by atoms with Crippen LogP contribution in [-0.4, -0.2) is 19.6 Å². The molecular formula is C16H16N4O. The lowest BCUT2D eigenvalue weighted by molar-refractivity contribution is 0.301. The van der Waals surface area contributed by atoms with Crippen molar-refractivity contribution in [2.45, 2.75) is 20.1 Å². The molecule has 0 amide bonds. The zero-order valence-corrected chi connectivity index (χ0v) is 12.1. The molecule has 106 valence electrons. The van der Waals surface area contributed by atoms with Crippen molar-refractivity contribution in [2.24, 2.45) is 7.05 Å². The summed E-state index contributed by atoms with van der Waals surface area (Å²) in [4.78, 5) is 0. The summed E-state index contributed by atoms with van der Waals surface area (Å²) in [6, 6.07) is 8.39. The molecule has 4 rings (SSSR count). The lowest BCUT2D eigenvalue weighted by Gasteiger charge is -2.07. The molecule has 0 aliphatic carbocycles. The third-order valence-corrected chi connectivity index (χ3v) is 3.78. The van der Waals surface area contributed by atoms with Crippen LogP contribution in [0.15, 0.2) is 36.7 Å². The highest BCUT2D eigenvalue weighted by Crippen LogP contribution is 2.28. The number of aryl methyl sites for hydroxylation is 2. The molecular weight excluding hydrogens is 264 g/mol. The van der Waals surface area contributed by atoms with E-state index in [1.807, 2.05) is 24.1 Å². The number of ether oxygens (including phenoxy) is 1. The predicted molar refractivity (Wildman–Crippen MR) is 79.0 cm³/mol. The van der Waals surface area contributed by atoms with E-state index in [1.54, 1.807) is 4.68 Å². The van der Waals surface area contributed by atoms with E-state index in [0.717, 1.165) is 29.2 Å². The summed E-state index contributed by atoms with van der Waals surface area (Å²) < 4.78 is 9.73. The fourth-order valence-electron chi connectivity index (χ4n) is 2.64. The molecule has 3 aromatic rings. The highest BCUT2D eigenvalue weighted by molar-refractivity contribution is 5.57. The first-order chi connectivity index (χ1) is 10.2. The Kier molecular flexibility index (Phi) is 2.60. The molecule has 0 atom stereocenters. The Morgan fingerprint density at radius 3 is 2.95 bits per heavy atom. The minimum absolute atomic E-state index is 0.545. The largest absolute Gasteiger partial charge is 0.487 e. The van der Waals surface area contributed by atoms with Gasteiger partial charge in [-0.25, -0.2) is 0 Å². The van der Waals surface area contributed by atoms with Crippen molar-refractivity contribution in [2.75, 3.05) is 0 Å². The highest BCUT2D eigenvalue weighted by Gasteiger charge is 2.17. The van der Waals surface area contributed by atoms with E-state index in [-0.39, 0.29) is 0 Å². The number of aromatic nitrogens is 4. The molecule has 0 saturated heterocycles. The van der Waals surface area contributed by atoms with Crippen molar-refractivity contribution in [1.82, 2.24) is 19.6 Å². The Hall–Kier alpha value is -2.56. The summed E-state index contributed by atoms with van der Waals surface area (Å²) in [7, 11) is 1.91. The third-order valence-electron chi connectivity index (χ3n) is 3.78. The Morgan fingerprint density at radius 1 is 1.24 bits per heavy atom. The highest BCUT2D eigenvalue weighted by atomic mass is 16.5. The number of rotatable bonds is 1. The molecule has 1 aromatic carbocycles. The van der Waals surface area contributed by atoms with Crippen LogP contribution in [0.3, 0.4) is 0 Å². The number of nitrogens with zero attached hydrogens (tertiary/aromatic N) is 4. The maximum absolute atomic E-state index is 5.93. The molecule has 1 aliphatic heterocycles. The fourth-order valence-corrected chi connectivity index (χ4v) is 2.64. The number of fused-ring (bicyclic) bond motifs is 2. The fraction of sp³-hybridized carbons (Fsp3) is 0.250. The second-order valence-electron chi connectivity index (χ2n) is 5.48. The topological polar surface area (TPSA) is 44.9 Å². The van der Waals surface area contributed by atoms with Crippen LogP contribution in [0.1, 0.15) is 16.8 Å². The lowest BCUT2D eigenvalue weighted by Crippen LogP contribution is -2.03. The van der Waals surface area contributed by atoms with Gasteiger partial charge in [0.2, 0.25) is 0 Å². The van der Waals surface area contributed by atoms with Crippen LogP contribution < -0.4 is 4.74 Å².